The van der Waals surface area contributed by atoms with Crippen molar-refractivity contribution in [1.29, 1.82) is 0 Å². The van der Waals surface area contributed by atoms with Crippen LogP contribution in [0.5, 0.6) is 0 Å². The zero-order valence-electron chi connectivity index (χ0n) is 21.4. The van der Waals surface area contributed by atoms with Gasteiger partial charge in [-0.2, -0.15) is 0 Å². The number of nitrogens with zero attached hydrogens (tertiary/aromatic N) is 1. The number of carboxylic acid groups (broad SMARTS) is 1. The Labute approximate surface area is 187 Å². The predicted molar refractivity (Wildman–Crippen MR) is 128 cm³/mol. The van der Waals surface area contributed by atoms with Crippen LogP contribution in [0.3, 0.4) is 0 Å². The second-order valence-corrected chi connectivity index (χ2v) is 39.7. The molecule has 0 radical (unpaired) electrons. The number of carboxylic acids is 1. The van der Waals surface area contributed by atoms with Crippen LogP contribution in [0.1, 0.15) is 86.0 Å². The van der Waals surface area contributed by atoms with Crippen LogP contribution < -0.4 is 5.11 Å². The van der Waals surface area contributed by atoms with Gasteiger partial charge in [0.1, 0.15) is 0 Å². The maximum atomic E-state index is 8.89. The van der Waals surface area contributed by atoms with Gasteiger partial charge >= 0.3 is 54.7 Å². The first kappa shape index (κ1) is 20.2. The molecule has 0 amide bonds. The average molecular weight is 488 g/mol. The third-order valence-corrected chi connectivity index (χ3v) is 60.4. The average Bonchev–Trinajstić information content (AvgIpc) is 3.70. The van der Waals surface area contributed by atoms with Crippen LogP contribution in [0.4, 0.5) is 0 Å². The van der Waals surface area contributed by atoms with E-state index in [4.69, 9.17) is 9.90 Å². The third-order valence-electron chi connectivity index (χ3n) is 18.5. The van der Waals surface area contributed by atoms with Crippen molar-refractivity contribution in [2.45, 2.75) is 134 Å². The summed E-state index contributed by atoms with van der Waals surface area (Å²) in [6, 6.07) is 0. The molecule has 0 aliphatic carbocycles. The first-order valence-corrected chi connectivity index (χ1v) is 20.8. The number of rotatable bonds is 12. The van der Waals surface area contributed by atoms with Crippen LogP contribution in [-0.4, -0.2) is 36.6 Å². The zero-order valence-corrected chi connectivity index (χ0v) is 22.5. The summed E-state index contributed by atoms with van der Waals surface area (Å²) in [7, 11) is 0. The topological polar surface area (TPSA) is 40.1 Å². The molecular weight excluding hydrogens is 438 g/mol. The van der Waals surface area contributed by atoms with E-state index in [2.05, 4.69) is 27.7 Å². The summed E-state index contributed by atoms with van der Waals surface area (Å²) in [5.41, 5.74) is 0. The molecule has 0 bridgehead atoms. The van der Waals surface area contributed by atoms with Gasteiger partial charge in [-0.1, -0.05) is 53.4 Å². The van der Waals surface area contributed by atoms with Crippen LogP contribution >= 0.6 is 0 Å². The third kappa shape index (κ3) is 0.519. The SMILES string of the molecule is CC(=O)[O-].CCCC[N+](CCCC)(CCCC)CCCC.[CH]12[CH]3[CH]4[CH]5[CH]1[Fe]23451678[CH]2[CH]1[CH]6[CH]7[CH]28. The summed E-state index contributed by atoms with van der Waals surface area (Å²) in [6.07, 6.45) is 11.1. The number of hydrogen-bond acceptors (Lipinski definition) is 2. The summed E-state index contributed by atoms with van der Waals surface area (Å²) >= 11 is 0. The number of fused-ring (bicyclic) bond motifs is 10. The van der Waals surface area contributed by atoms with Crippen molar-refractivity contribution in [1.82, 2.24) is 0 Å². The van der Waals surface area contributed by atoms with Gasteiger partial charge in [-0.3, -0.25) is 0 Å². The second-order valence-electron chi connectivity index (χ2n) is 15.7. The molecule has 10 rings (SSSR count). The summed E-state index contributed by atoms with van der Waals surface area (Å²) in [5.74, 6) is -1.08. The van der Waals surface area contributed by atoms with Crippen LogP contribution in [-0.2, 0) is 11.3 Å². The molecular formula is C28H49FeNO2. The molecule has 0 saturated carbocycles. The Morgan fingerprint density at radius 3 is 0.875 bits per heavy atom. The van der Waals surface area contributed by atoms with Gasteiger partial charge in [0.2, 0.25) is 0 Å². The van der Waals surface area contributed by atoms with E-state index in [1.54, 1.807) is 48.2 Å². The van der Waals surface area contributed by atoms with E-state index in [1.165, 1.54) is 82.0 Å². The molecule has 4 heteroatoms. The standard InChI is InChI=1S/C16H36N.2C5H5.C2H4O2.Fe/c1-5-9-13-17(14-10-6-2,15-11-7-3)16-12-8-4;2*1-2-4-5-3-1;1-2(3)4;/h5-16H2,1-4H3;2*1-5H;1H3,(H,3,4);/q+1;;;;/p-1. The normalized spacial score (nSPS) is 65.9. The van der Waals surface area contributed by atoms with Crippen LogP contribution in [0.15, 0.2) is 0 Å². The number of aliphatic carboxylic acids is 1. The first-order chi connectivity index (χ1) is 15.1. The van der Waals surface area contributed by atoms with Crippen molar-refractivity contribution in [3.8, 4) is 0 Å². The quantitative estimate of drug-likeness (QED) is 0.217. The molecule has 0 unspecified atom stereocenters. The number of unbranched alkanes of at least 4 members (excludes halogenated alkanes) is 4. The van der Waals surface area contributed by atoms with Gasteiger partial charge in [0.05, 0.1) is 26.2 Å². The van der Waals surface area contributed by atoms with E-state index in [1.807, 2.05) is 0 Å². The van der Waals surface area contributed by atoms with Crippen molar-refractivity contribution in [2.24, 2.45) is 0 Å². The van der Waals surface area contributed by atoms with Gasteiger partial charge < -0.3 is 14.4 Å². The second kappa shape index (κ2) is 3.02. The summed E-state index contributed by atoms with van der Waals surface area (Å²) in [5, 5.41) is 8.89. The van der Waals surface area contributed by atoms with Crippen LogP contribution in [0, 0.1) is 0 Å². The van der Waals surface area contributed by atoms with E-state index < -0.39 is 12.5 Å². The van der Waals surface area contributed by atoms with Gasteiger partial charge in [-0.15, -0.1) is 0 Å². The van der Waals surface area contributed by atoms with Gasteiger partial charge in [0, 0.05) is 5.97 Å². The van der Waals surface area contributed by atoms with Crippen molar-refractivity contribution in [3.63, 3.8) is 0 Å². The van der Waals surface area contributed by atoms with Gasteiger partial charge in [-0.25, -0.2) is 0 Å². The van der Waals surface area contributed by atoms with E-state index in [-0.39, 0.29) is 0 Å². The van der Waals surface area contributed by atoms with Crippen molar-refractivity contribution < 1.29 is 20.9 Å². The molecule has 186 valence electrons. The molecule has 0 aromatic rings. The molecule has 1 spiro atoms. The summed E-state index contributed by atoms with van der Waals surface area (Å²) < 4.78 is 1.42. The fraction of sp³-hybridized carbons (Fsp3) is 0.964. The fourth-order valence-electron chi connectivity index (χ4n) is 18.5. The first-order valence-electron chi connectivity index (χ1n) is 14.4. The van der Waals surface area contributed by atoms with Crippen molar-refractivity contribution in [3.05, 3.63) is 0 Å². The molecule has 10 fully saturated rings. The van der Waals surface area contributed by atoms with Gasteiger partial charge in [0.25, 0.3) is 0 Å². The Morgan fingerprint density at radius 1 is 0.594 bits per heavy atom. The monoisotopic (exact) mass is 487 g/mol. The van der Waals surface area contributed by atoms with E-state index in [0.717, 1.165) is 6.92 Å². The molecule has 10 saturated heterocycles. The number of hydrogen-bond donors (Lipinski definition) is 0. The predicted octanol–water partition coefficient (Wildman–Crippen LogP) is 7.14. The fourth-order valence-corrected chi connectivity index (χ4v) is 90.6. The van der Waals surface area contributed by atoms with E-state index in [0.29, 0.717) is 0 Å². The minimum atomic E-state index is -2.28. The van der Waals surface area contributed by atoms with Crippen molar-refractivity contribution in [2.75, 3.05) is 26.2 Å². The molecule has 10 heterocycles. The Morgan fingerprint density at radius 2 is 0.781 bits per heavy atom. The molecule has 0 aromatic carbocycles. The molecule has 10 aliphatic heterocycles. The Kier molecular flexibility index (Phi) is 1.90. The van der Waals surface area contributed by atoms with E-state index >= 15 is 0 Å². The molecule has 0 N–H and O–H groups in total. The minimum absolute atomic E-state index is 0.972. The number of quaternary nitrogens is 1. The molecule has 0 atom stereocenters. The molecule has 3 nitrogen and oxygen atoms in total. The molecule has 32 heavy (non-hydrogen) atoms. The van der Waals surface area contributed by atoms with Crippen LogP contribution in [0.2, 0.25) is 48.2 Å². The zero-order chi connectivity index (χ0) is 22.7. The Balaban J connectivity index is 0.0000000921. The van der Waals surface area contributed by atoms with Crippen molar-refractivity contribution >= 4 is 5.97 Å². The Hall–Kier alpha value is -0.0505. The number of carbonyl (C=O) groups is 1. The van der Waals surface area contributed by atoms with Gasteiger partial charge in [-0.05, 0) is 32.6 Å². The Bertz CT molecular complexity index is 922. The maximum absolute atomic E-state index is 8.89. The van der Waals surface area contributed by atoms with Gasteiger partial charge in [0.15, 0.2) is 0 Å². The molecule has 0 aromatic heterocycles. The van der Waals surface area contributed by atoms with E-state index in [9.17, 15) is 0 Å². The van der Waals surface area contributed by atoms with Crippen LogP contribution in [0.25, 0.3) is 0 Å². The molecule has 10 aliphatic rings. The summed E-state index contributed by atoms with van der Waals surface area (Å²) in [6.45, 7) is 13.7. The number of carbonyl (C=O) groups excluding carboxylic acids is 1. The summed E-state index contributed by atoms with van der Waals surface area (Å²) in [4.78, 5) is 24.8.